The second-order valence-electron chi connectivity index (χ2n) is 18.5. The quantitative estimate of drug-likeness (QED) is 0.323. The predicted molar refractivity (Wildman–Crippen MR) is 173 cm³/mol. The fourth-order valence-corrected chi connectivity index (χ4v) is 14.6. The highest BCUT2D eigenvalue weighted by atomic mass is 14.9. The molecule has 2 heteroatoms. The summed E-state index contributed by atoms with van der Waals surface area (Å²) >= 11 is 0. The van der Waals surface area contributed by atoms with Crippen molar-refractivity contribution in [2.24, 2.45) is 80.8 Å². The molecule has 2 nitrogen and oxygen atoms in total. The highest BCUT2D eigenvalue weighted by Crippen LogP contribution is 2.88. The monoisotopic (exact) mass is 563 g/mol. The van der Waals surface area contributed by atoms with Crippen molar-refractivity contribution in [1.29, 1.82) is 0 Å². The van der Waals surface area contributed by atoms with Crippen LogP contribution < -0.4 is 10.6 Å². The fraction of sp³-hybridized carbons (Fsp3) is 0.949. The van der Waals surface area contributed by atoms with E-state index < -0.39 is 0 Å². The first kappa shape index (κ1) is 29.2. The fourth-order valence-electron chi connectivity index (χ4n) is 14.6. The Bertz CT molecular complexity index is 992. The molecule has 232 valence electrons. The van der Waals surface area contributed by atoms with Gasteiger partial charge in [-0.05, 0) is 190 Å². The normalized spacial score (nSPS) is 50.5. The van der Waals surface area contributed by atoms with Crippen molar-refractivity contribution in [3.05, 3.63) is 12.3 Å². The van der Waals surface area contributed by atoms with Crippen molar-refractivity contribution in [2.45, 2.75) is 131 Å². The number of allylic oxidation sites excluding steroid dienone is 1. The zero-order chi connectivity index (χ0) is 28.8. The lowest BCUT2D eigenvalue weighted by Gasteiger charge is -2.60. The number of fused-ring (bicyclic) bond motifs is 4. The van der Waals surface area contributed by atoms with Crippen LogP contribution in [0.5, 0.6) is 0 Å². The Morgan fingerprint density at radius 2 is 1.71 bits per heavy atom. The van der Waals surface area contributed by atoms with Crippen LogP contribution in [0.25, 0.3) is 0 Å². The topological polar surface area (TPSA) is 24.1 Å². The molecule has 6 saturated carbocycles. The summed E-state index contributed by atoms with van der Waals surface area (Å²) in [5, 5.41) is 7.10. The Morgan fingerprint density at radius 1 is 0.902 bits per heavy atom. The molecule has 7 aliphatic rings. The smallest absolute Gasteiger partial charge is 0.00340 e. The highest BCUT2D eigenvalue weighted by Gasteiger charge is 2.80. The lowest BCUT2D eigenvalue weighted by Crippen LogP contribution is -2.53. The van der Waals surface area contributed by atoms with Gasteiger partial charge in [0.15, 0.2) is 0 Å². The molecule has 1 heterocycles. The Balaban J connectivity index is 1.07. The highest BCUT2D eigenvalue weighted by molar-refractivity contribution is 5.29. The number of piperidine rings is 1. The van der Waals surface area contributed by atoms with Gasteiger partial charge >= 0.3 is 0 Å². The maximum Gasteiger partial charge on any atom is 0.00340 e. The largest absolute Gasteiger partial charge is 0.392 e. The van der Waals surface area contributed by atoms with Crippen LogP contribution in [0.3, 0.4) is 0 Å². The van der Waals surface area contributed by atoms with E-state index in [2.05, 4.69) is 58.9 Å². The predicted octanol–water partition coefficient (Wildman–Crippen LogP) is 9.46. The van der Waals surface area contributed by atoms with Crippen molar-refractivity contribution >= 4 is 0 Å². The number of nitrogens with one attached hydrogen (secondary N) is 2. The van der Waals surface area contributed by atoms with Crippen LogP contribution in [-0.4, -0.2) is 20.1 Å². The lowest BCUT2D eigenvalue weighted by molar-refractivity contribution is -0.114. The minimum Gasteiger partial charge on any atom is -0.392 e. The number of hydrogen-bond donors (Lipinski definition) is 2. The van der Waals surface area contributed by atoms with Gasteiger partial charge in [-0.25, -0.2) is 0 Å². The zero-order valence-corrected chi connectivity index (χ0v) is 28.0. The molecule has 1 saturated heterocycles. The average Bonchev–Trinajstić information content (AvgIpc) is 3.53. The van der Waals surface area contributed by atoms with Crippen molar-refractivity contribution < 1.29 is 0 Å². The molecule has 0 aromatic carbocycles. The van der Waals surface area contributed by atoms with Crippen molar-refractivity contribution in [1.82, 2.24) is 10.6 Å². The van der Waals surface area contributed by atoms with Gasteiger partial charge in [-0.2, -0.15) is 0 Å². The maximum absolute atomic E-state index is 4.35. The summed E-state index contributed by atoms with van der Waals surface area (Å²) in [6.45, 7) is 20.2. The third-order valence-corrected chi connectivity index (χ3v) is 16.7. The molecule has 2 N–H and O–H groups in total. The molecule has 0 aromatic rings. The molecule has 1 aliphatic heterocycles. The van der Waals surface area contributed by atoms with Crippen LogP contribution >= 0.6 is 0 Å². The molecule has 0 radical (unpaired) electrons. The summed E-state index contributed by atoms with van der Waals surface area (Å²) in [7, 11) is 2.07. The molecule has 12 atom stereocenters. The van der Waals surface area contributed by atoms with Gasteiger partial charge in [0.2, 0.25) is 0 Å². The molecule has 41 heavy (non-hydrogen) atoms. The molecule has 7 rings (SSSR count). The second-order valence-corrected chi connectivity index (χ2v) is 18.5. The lowest BCUT2D eigenvalue weighted by atomic mass is 9.44. The minimum atomic E-state index is 0.547. The minimum absolute atomic E-state index is 0.547. The Labute approximate surface area is 254 Å². The molecule has 2 spiro atoms. The van der Waals surface area contributed by atoms with E-state index in [1.807, 2.05) is 0 Å². The van der Waals surface area contributed by atoms with Gasteiger partial charge in [0.05, 0.1) is 0 Å². The Morgan fingerprint density at radius 3 is 2.44 bits per heavy atom. The van der Waals surface area contributed by atoms with Crippen LogP contribution in [0.2, 0.25) is 0 Å². The molecule has 0 bridgehead atoms. The van der Waals surface area contributed by atoms with Crippen LogP contribution in [0.4, 0.5) is 0 Å². The molecule has 12 unspecified atom stereocenters. The number of rotatable bonds is 7. The van der Waals surface area contributed by atoms with Crippen LogP contribution in [0.15, 0.2) is 12.3 Å². The molecular formula is C39H66N2. The van der Waals surface area contributed by atoms with E-state index in [1.54, 1.807) is 44.9 Å². The Kier molecular flexibility index (Phi) is 7.32. The van der Waals surface area contributed by atoms with E-state index in [0.29, 0.717) is 10.8 Å². The van der Waals surface area contributed by atoms with Gasteiger partial charge in [0, 0.05) is 12.7 Å². The number of hydrogen-bond acceptors (Lipinski definition) is 2. The SMILES string of the molecule is C=C(CC(C(C)C)C1CCC2C(C1)CC1C3CCC4C(C)(C)C(CC5CCCNC5)CCC45CC35CCC21C)NC. The summed E-state index contributed by atoms with van der Waals surface area (Å²) in [5.41, 5.74) is 3.92. The third kappa shape index (κ3) is 4.31. The van der Waals surface area contributed by atoms with Gasteiger partial charge in [0.1, 0.15) is 0 Å². The summed E-state index contributed by atoms with van der Waals surface area (Å²) in [4.78, 5) is 0. The van der Waals surface area contributed by atoms with Gasteiger partial charge < -0.3 is 10.6 Å². The summed E-state index contributed by atoms with van der Waals surface area (Å²) in [5.74, 6) is 9.51. The van der Waals surface area contributed by atoms with E-state index in [9.17, 15) is 0 Å². The van der Waals surface area contributed by atoms with Crippen LogP contribution in [0.1, 0.15) is 131 Å². The van der Waals surface area contributed by atoms with E-state index in [-0.39, 0.29) is 0 Å². The van der Waals surface area contributed by atoms with E-state index in [0.717, 1.165) is 70.0 Å². The first-order chi connectivity index (χ1) is 19.6. The Hall–Kier alpha value is -0.500. The van der Waals surface area contributed by atoms with Gasteiger partial charge in [-0.15, -0.1) is 0 Å². The van der Waals surface area contributed by atoms with Crippen LogP contribution in [-0.2, 0) is 0 Å². The van der Waals surface area contributed by atoms with Crippen molar-refractivity contribution in [2.75, 3.05) is 20.1 Å². The molecule has 7 fully saturated rings. The second kappa shape index (κ2) is 10.3. The van der Waals surface area contributed by atoms with Gasteiger partial charge in [0.25, 0.3) is 0 Å². The van der Waals surface area contributed by atoms with E-state index in [1.165, 1.54) is 70.2 Å². The van der Waals surface area contributed by atoms with E-state index >= 15 is 0 Å². The molecule has 0 aromatic heterocycles. The van der Waals surface area contributed by atoms with Crippen molar-refractivity contribution in [3.8, 4) is 0 Å². The molecule has 6 aliphatic carbocycles. The zero-order valence-electron chi connectivity index (χ0n) is 28.0. The van der Waals surface area contributed by atoms with Crippen molar-refractivity contribution in [3.63, 3.8) is 0 Å². The first-order valence-corrected chi connectivity index (χ1v) is 18.6. The third-order valence-electron chi connectivity index (χ3n) is 16.7. The summed E-state index contributed by atoms with van der Waals surface area (Å²) in [6.07, 6.45) is 22.7. The molecular weight excluding hydrogens is 496 g/mol. The average molecular weight is 563 g/mol. The summed E-state index contributed by atoms with van der Waals surface area (Å²) in [6, 6.07) is 0. The standard InChI is InChI=1S/C39H66N2/c1-25(2)31(19-26(3)40-7)28-10-11-32-29(21-28)22-34-33-12-13-35-36(4,5)30(20-27-9-8-18-41-23-27)14-15-39(35)24-38(33,39)17-16-37(32,34)6/h25,27-35,40-41H,3,8-24H2,1-2,4-7H3. The van der Waals surface area contributed by atoms with E-state index in [4.69, 9.17) is 0 Å². The van der Waals surface area contributed by atoms with Gasteiger partial charge in [-0.3, -0.25) is 0 Å². The summed E-state index contributed by atoms with van der Waals surface area (Å²) < 4.78 is 0. The van der Waals surface area contributed by atoms with Gasteiger partial charge in [-0.1, -0.05) is 41.2 Å². The first-order valence-electron chi connectivity index (χ1n) is 18.6. The maximum atomic E-state index is 4.35. The van der Waals surface area contributed by atoms with Crippen LogP contribution in [0, 0.1) is 80.8 Å². The molecule has 0 amide bonds.